The van der Waals surface area contributed by atoms with Gasteiger partial charge in [0, 0.05) is 6.07 Å². The van der Waals surface area contributed by atoms with E-state index in [1.54, 1.807) is 0 Å². The van der Waals surface area contributed by atoms with Gasteiger partial charge < -0.3 is 14.6 Å². The van der Waals surface area contributed by atoms with Crippen molar-refractivity contribution in [3.8, 4) is 17.2 Å². The molecular formula is C23H24N2O7S. The second-order valence-corrected chi connectivity index (χ2v) is 8.72. The van der Waals surface area contributed by atoms with Crippen LogP contribution in [-0.2, 0) is 4.79 Å². The number of hydrogen-bond donors (Lipinski definition) is 1. The van der Waals surface area contributed by atoms with Crippen LogP contribution < -0.4 is 9.47 Å². The number of nitro groups is 1. The van der Waals surface area contributed by atoms with E-state index < -0.39 is 27.5 Å². The average molecular weight is 473 g/mol. The third-order valence-corrected chi connectivity index (χ3v) is 5.94. The fourth-order valence-electron chi connectivity index (χ4n) is 3.33. The molecule has 0 unspecified atom stereocenters. The number of thioether (sulfide) groups is 1. The van der Waals surface area contributed by atoms with Gasteiger partial charge >= 0.3 is 5.69 Å². The molecule has 1 heterocycles. The standard InChI is InChI=1S/C23H24N2O7S/c1-13(2)16-6-5-14(3)9-18(16)32-8-7-24-22(27)20(33-23(24)28)12-15-10-17(25(29)30)21(26)19(11-15)31-4/h5-6,9-13,26H,7-8H2,1-4H3/b20-12-. The minimum absolute atomic E-state index is 0.0620. The Balaban J connectivity index is 1.75. The molecule has 10 heteroatoms. The molecule has 0 radical (unpaired) electrons. The van der Waals surface area contributed by atoms with Gasteiger partial charge in [0.15, 0.2) is 5.75 Å². The van der Waals surface area contributed by atoms with Crippen LogP contribution in [0.4, 0.5) is 10.5 Å². The van der Waals surface area contributed by atoms with E-state index in [1.165, 1.54) is 19.3 Å². The monoisotopic (exact) mass is 472 g/mol. The number of imide groups is 1. The lowest BCUT2D eigenvalue weighted by Crippen LogP contribution is -2.32. The average Bonchev–Trinajstić information content (AvgIpc) is 3.01. The quantitative estimate of drug-likeness (QED) is 0.329. The lowest BCUT2D eigenvalue weighted by atomic mass is 10.0. The van der Waals surface area contributed by atoms with Crippen LogP contribution in [-0.4, -0.2) is 46.3 Å². The van der Waals surface area contributed by atoms with E-state index in [-0.39, 0.29) is 35.3 Å². The zero-order valence-electron chi connectivity index (χ0n) is 18.7. The largest absolute Gasteiger partial charge is 0.500 e. The smallest absolute Gasteiger partial charge is 0.315 e. The molecule has 0 bridgehead atoms. The number of benzene rings is 2. The van der Waals surface area contributed by atoms with Crippen LogP contribution in [0.15, 0.2) is 35.2 Å². The van der Waals surface area contributed by atoms with Crippen molar-refractivity contribution in [2.24, 2.45) is 0 Å². The maximum absolute atomic E-state index is 12.8. The summed E-state index contributed by atoms with van der Waals surface area (Å²) in [7, 11) is 1.26. The summed E-state index contributed by atoms with van der Waals surface area (Å²) in [6.07, 6.45) is 1.36. The van der Waals surface area contributed by atoms with Gasteiger partial charge in [-0.05, 0) is 59.5 Å². The molecule has 3 rings (SSSR count). The van der Waals surface area contributed by atoms with Gasteiger partial charge in [-0.15, -0.1) is 0 Å². The molecule has 1 aliphatic rings. The summed E-state index contributed by atoms with van der Waals surface area (Å²) in [5.74, 6) is -0.260. The summed E-state index contributed by atoms with van der Waals surface area (Å²) >= 11 is 0.735. The van der Waals surface area contributed by atoms with E-state index in [2.05, 4.69) is 13.8 Å². The van der Waals surface area contributed by atoms with E-state index in [4.69, 9.17) is 9.47 Å². The number of aromatic hydroxyl groups is 1. The molecule has 174 valence electrons. The molecule has 0 atom stereocenters. The van der Waals surface area contributed by atoms with Crippen LogP contribution in [0.5, 0.6) is 17.2 Å². The molecule has 9 nitrogen and oxygen atoms in total. The second kappa shape index (κ2) is 9.95. The minimum Gasteiger partial charge on any atom is -0.500 e. The van der Waals surface area contributed by atoms with Crippen LogP contribution >= 0.6 is 11.8 Å². The number of methoxy groups -OCH3 is 1. The third kappa shape index (κ3) is 5.28. The predicted octanol–water partition coefficient (Wildman–Crippen LogP) is 4.86. The van der Waals surface area contributed by atoms with Gasteiger partial charge in [0.2, 0.25) is 5.75 Å². The molecule has 2 aromatic carbocycles. The Kier molecular flexibility index (Phi) is 7.27. The van der Waals surface area contributed by atoms with Gasteiger partial charge in [-0.1, -0.05) is 26.0 Å². The summed E-state index contributed by atoms with van der Waals surface area (Å²) in [5, 5.41) is 20.6. The van der Waals surface area contributed by atoms with Crippen molar-refractivity contribution in [3.05, 3.63) is 62.0 Å². The van der Waals surface area contributed by atoms with E-state index in [1.807, 2.05) is 25.1 Å². The Morgan fingerprint density at radius 3 is 2.58 bits per heavy atom. The van der Waals surface area contributed by atoms with E-state index in [0.29, 0.717) is 0 Å². The zero-order valence-corrected chi connectivity index (χ0v) is 19.5. The molecule has 0 aliphatic carbocycles. The Morgan fingerprint density at radius 1 is 1.21 bits per heavy atom. The Labute approximate surface area is 195 Å². The highest BCUT2D eigenvalue weighted by atomic mass is 32.2. The second-order valence-electron chi connectivity index (χ2n) is 7.73. The summed E-state index contributed by atoms with van der Waals surface area (Å²) in [6.45, 7) is 6.27. The summed E-state index contributed by atoms with van der Waals surface area (Å²) in [5.41, 5.74) is 1.77. The third-order valence-electron chi connectivity index (χ3n) is 5.03. The SMILES string of the molecule is COc1cc(/C=C2\SC(=O)N(CCOc3cc(C)ccc3C(C)C)C2=O)cc([N+](=O)[O-])c1O. The number of amides is 2. The number of phenolic OH excluding ortho intramolecular Hbond substituents is 1. The number of carbonyl (C=O) groups is 2. The highest BCUT2D eigenvalue weighted by molar-refractivity contribution is 8.18. The van der Waals surface area contributed by atoms with Crippen molar-refractivity contribution >= 4 is 34.7 Å². The molecule has 2 amide bonds. The number of nitro benzene ring substituents is 1. The lowest BCUT2D eigenvalue weighted by Gasteiger charge is -2.17. The van der Waals surface area contributed by atoms with Gasteiger partial charge in [-0.2, -0.15) is 0 Å². The molecule has 0 saturated carbocycles. The van der Waals surface area contributed by atoms with Crippen LogP contribution in [0, 0.1) is 17.0 Å². The maximum atomic E-state index is 12.8. The van der Waals surface area contributed by atoms with Gasteiger partial charge in [0.05, 0.1) is 23.5 Å². The van der Waals surface area contributed by atoms with Crippen molar-refractivity contribution in [1.29, 1.82) is 0 Å². The molecule has 1 fully saturated rings. The van der Waals surface area contributed by atoms with Crippen molar-refractivity contribution in [2.75, 3.05) is 20.3 Å². The van der Waals surface area contributed by atoms with Crippen molar-refractivity contribution in [2.45, 2.75) is 26.7 Å². The summed E-state index contributed by atoms with van der Waals surface area (Å²) < 4.78 is 10.9. The number of aryl methyl sites for hydroxylation is 1. The number of hydrogen-bond acceptors (Lipinski definition) is 8. The Morgan fingerprint density at radius 2 is 1.94 bits per heavy atom. The summed E-state index contributed by atoms with van der Waals surface area (Å²) in [4.78, 5) is 36.8. The van der Waals surface area contributed by atoms with Crippen LogP contribution in [0.1, 0.15) is 36.5 Å². The first-order chi connectivity index (χ1) is 15.6. The molecular weight excluding hydrogens is 448 g/mol. The normalized spacial score (nSPS) is 14.9. The van der Waals surface area contributed by atoms with Crippen LogP contribution in [0.25, 0.3) is 6.08 Å². The van der Waals surface area contributed by atoms with Crippen LogP contribution in [0.3, 0.4) is 0 Å². The van der Waals surface area contributed by atoms with Crippen molar-refractivity contribution < 1.29 is 29.1 Å². The van der Waals surface area contributed by atoms with Gasteiger partial charge in [0.1, 0.15) is 12.4 Å². The highest BCUT2D eigenvalue weighted by Gasteiger charge is 2.35. The Bertz CT molecular complexity index is 1140. The van der Waals surface area contributed by atoms with E-state index >= 15 is 0 Å². The van der Waals surface area contributed by atoms with Gasteiger partial charge in [-0.3, -0.25) is 24.6 Å². The molecule has 33 heavy (non-hydrogen) atoms. The van der Waals surface area contributed by atoms with Crippen molar-refractivity contribution in [3.63, 3.8) is 0 Å². The molecule has 1 aliphatic heterocycles. The fourth-order valence-corrected chi connectivity index (χ4v) is 4.19. The maximum Gasteiger partial charge on any atom is 0.315 e. The molecule has 1 N–H and O–H groups in total. The fraction of sp³-hybridized carbons (Fsp3) is 0.304. The number of ether oxygens (including phenoxy) is 2. The molecule has 1 saturated heterocycles. The van der Waals surface area contributed by atoms with E-state index in [9.17, 15) is 24.8 Å². The first-order valence-electron chi connectivity index (χ1n) is 10.2. The predicted molar refractivity (Wildman–Crippen MR) is 125 cm³/mol. The van der Waals surface area contributed by atoms with Crippen molar-refractivity contribution in [1.82, 2.24) is 4.90 Å². The highest BCUT2D eigenvalue weighted by Crippen LogP contribution is 2.39. The number of rotatable bonds is 8. The molecule has 0 aromatic heterocycles. The van der Waals surface area contributed by atoms with Gasteiger partial charge in [-0.25, -0.2) is 0 Å². The topological polar surface area (TPSA) is 119 Å². The first-order valence-corrected chi connectivity index (χ1v) is 11.0. The zero-order chi connectivity index (χ0) is 24.3. The number of carbonyl (C=O) groups excluding carboxylic acids is 2. The van der Waals surface area contributed by atoms with Gasteiger partial charge in [0.25, 0.3) is 11.1 Å². The summed E-state index contributed by atoms with van der Waals surface area (Å²) in [6, 6.07) is 8.40. The minimum atomic E-state index is -0.755. The lowest BCUT2D eigenvalue weighted by molar-refractivity contribution is -0.386. The first kappa shape index (κ1) is 24.1. The molecule has 2 aromatic rings. The Hall–Kier alpha value is -3.53. The number of phenols is 1. The number of nitrogens with zero attached hydrogens (tertiary/aromatic N) is 2. The van der Waals surface area contributed by atoms with E-state index in [0.717, 1.165) is 39.6 Å². The van der Waals surface area contributed by atoms with Crippen LogP contribution in [0.2, 0.25) is 0 Å². The molecule has 0 spiro atoms.